The maximum atomic E-state index is 10.6. The number of benzene rings is 1. The Hall–Kier alpha value is -1.41. The summed E-state index contributed by atoms with van der Waals surface area (Å²) in [5.74, 6) is 0.684. The van der Waals surface area contributed by atoms with E-state index in [9.17, 15) is 4.79 Å². The molecule has 0 saturated carbocycles. The van der Waals surface area contributed by atoms with Gasteiger partial charge in [0.1, 0.15) is 0 Å². The quantitative estimate of drug-likeness (QED) is 0.727. The van der Waals surface area contributed by atoms with E-state index in [-0.39, 0.29) is 0 Å². The van der Waals surface area contributed by atoms with Gasteiger partial charge in [-0.25, -0.2) is 0 Å². The van der Waals surface area contributed by atoms with Crippen LogP contribution in [0, 0.1) is 5.92 Å². The van der Waals surface area contributed by atoms with Crippen molar-refractivity contribution in [2.75, 3.05) is 0 Å². The molecule has 2 aromatic rings. The molecule has 0 aliphatic heterocycles. The molecule has 1 heterocycles. The van der Waals surface area contributed by atoms with E-state index in [1.165, 1.54) is 22.5 Å². The van der Waals surface area contributed by atoms with Crippen LogP contribution in [-0.2, 0) is 6.42 Å². The Labute approximate surface area is 106 Å². The second-order valence-corrected chi connectivity index (χ2v) is 5.73. The third kappa shape index (κ3) is 3.04. The Morgan fingerprint density at radius 1 is 1.12 bits per heavy atom. The van der Waals surface area contributed by atoms with E-state index in [0.29, 0.717) is 5.92 Å². The molecule has 88 valence electrons. The molecule has 0 fully saturated rings. The lowest BCUT2D eigenvalue weighted by Gasteiger charge is -2.05. The van der Waals surface area contributed by atoms with Crippen molar-refractivity contribution in [1.29, 1.82) is 0 Å². The highest BCUT2D eigenvalue weighted by Crippen LogP contribution is 2.27. The molecule has 0 atom stereocenters. The van der Waals surface area contributed by atoms with Crippen molar-refractivity contribution in [3.8, 4) is 10.4 Å². The highest BCUT2D eigenvalue weighted by atomic mass is 32.1. The Morgan fingerprint density at radius 2 is 1.82 bits per heavy atom. The minimum atomic E-state index is 0.684. The third-order valence-corrected chi connectivity index (χ3v) is 3.69. The van der Waals surface area contributed by atoms with Crippen LogP contribution in [0.1, 0.15) is 29.1 Å². The number of aldehydes is 1. The normalized spacial score (nSPS) is 10.8. The number of thiophene rings is 1. The zero-order chi connectivity index (χ0) is 12.3. The minimum Gasteiger partial charge on any atom is -0.297 e. The zero-order valence-electron chi connectivity index (χ0n) is 10.1. The Morgan fingerprint density at radius 3 is 2.35 bits per heavy atom. The average molecular weight is 244 g/mol. The van der Waals surface area contributed by atoms with Crippen LogP contribution in [0.2, 0.25) is 0 Å². The molecular formula is C15H16OS. The van der Waals surface area contributed by atoms with E-state index >= 15 is 0 Å². The number of carbonyl (C=O) groups excluding carboxylic acids is 1. The Balaban J connectivity index is 2.19. The summed E-state index contributed by atoms with van der Waals surface area (Å²) in [6, 6.07) is 12.5. The van der Waals surface area contributed by atoms with Gasteiger partial charge in [0.05, 0.1) is 4.88 Å². The molecule has 0 aliphatic carbocycles. The van der Waals surface area contributed by atoms with E-state index in [4.69, 9.17) is 0 Å². The van der Waals surface area contributed by atoms with Gasteiger partial charge in [-0.2, -0.15) is 0 Å². The van der Waals surface area contributed by atoms with Gasteiger partial charge in [-0.15, -0.1) is 11.3 Å². The second-order valence-electron chi connectivity index (χ2n) is 4.61. The minimum absolute atomic E-state index is 0.684. The first-order chi connectivity index (χ1) is 8.19. The van der Waals surface area contributed by atoms with Crippen molar-refractivity contribution in [3.05, 3.63) is 46.8 Å². The largest absolute Gasteiger partial charge is 0.297 e. The van der Waals surface area contributed by atoms with E-state index in [2.05, 4.69) is 38.1 Å². The molecule has 2 heteroatoms. The maximum absolute atomic E-state index is 10.6. The van der Waals surface area contributed by atoms with Crippen molar-refractivity contribution in [3.63, 3.8) is 0 Å². The van der Waals surface area contributed by atoms with Gasteiger partial charge in [0, 0.05) is 4.88 Å². The molecule has 1 nitrogen and oxygen atoms in total. The zero-order valence-corrected chi connectivity index (χ0v) is 11.0. The SMILES string of the molecule is CC(C)Cc1ccc(-c2ccc(C=O)s2)cc1. The van der Waals surface area contributed by atoms with E-state index in [1.54, 1.807) is 0 Å². The van der Waals surface area contributed by atoms with Gasteiger partial charge in [-0.05, 0) is 35.6 Å². The van der Waals surface area contributed by atoms with E-state index in [1.807, 2.05) is 12.1 Å². The Bertz CT molecular complexity index is 494. The molecule has 17 heavy (non-hydrogen) atoms. The van der Waals surface area contributed by atoms with Gasteiger partial charge >= 0.3 is 0 Å². The summed E-state index contributed by atoms with van der Waals surface area (Å²) in [5.41, 5.74) is 2.56. The van der Waals surface area contributed by atoms with Gasteiger partial charge in [-0.3, -0.25) is 4.79 Å². The first-order valence-electron chi connectivity index (χ1n) is 5.83. The van der Waals surface area contributed by atoms with E-state index < -0.39 is 0 Å². The van der Waals surface area contributed by atoms with Crippen LogP contribution in [-0.4, -0.2) is 6.29 Å². The van der Waals surface area contributed by atoms with Crippen LogP contribution in [0.5, 0.6) is 0 Å². The molecule has 0 N–H and O–H groups in total. The van der Waals surface area contributed by atoms with Crippen molar-refractivity contribution < 1.29 is 4.79 Å². The molecule has 0 bridgehead atoms. The molecule has 1 aromatic heterocycles. The van der Waals surface area contributed by atoms with Gasteiger partial charge in [-0.1, -0.05) is 38.1 Å². The Kier molecular flexibility index (Phi) is 3.75. The van der Waals surface area contributed by atoms with Crippen LogP contribution in [0.3, 0.4) is 0 Å². The average Bonchev–Trinajstić information content (AvgIpc) is 2.78. The summed E-state index contributed by atoms with van der Waals surface area (Å²) < 4.78 is 0. The van der Waals surface area contributed by atoms with Gasteiger partial charge < -0.3 is 0 Å². The molecule has 0 unspecified atom stereocenters. The fraction of sp³-hybridized carbons (Fsp3) is 0.267. The lowest BCUT2D eigenvalue weighted by Crippen LogP contribution is -1.93. The van der Waals surface area contributed by atoms with Crippen molar-refractivity contribution in [2.24, 2.45) is 5.92 Å². The summed E-state index contributed by atoms with van der Waals surface area (Å²) in [4.78, 5) is 12.6. The smallest absolute Gasteiger partial charge is 0.160 e. The molecule has 0 aliphatic rings. The van der Waals surface area contributed by atoms with E-state index in [0.717, 1.165) is 22.5 Å². The molecule has 0 saturated heterocycles. The van der Waals surface area contributed by atoms with Crippen molar-refractivity contribution in [1.82, 2.24) is 0 Å². The second kappa shape index (κ2) is 5.28. The lowest BCUT2D eigenvalue weighted by molar-refractivity contribution is 0.112. The standard InChI is InChI=1S/C15H16OS/c1-11(2)9-12-3-5-13(6-4-12)15-8-7-14(10-16)17-15/h3-8,10-11H,9H2,1-2H3. The van der Waals surface area contributed by atoms with Gasteiger partial charge in [0.2, 0.25) is 0 Å². The molecular weight excluding hydrogens is 228 g/mol. The first kappa shape index (κ1) is 12.1. The number of carbonyl (C=O) groups is 1. The lowest BCUT2D eigenvalue weighted by atomic mass is 10.0. The van der Waals surface area contributed by atoms with Crippen LogP contribution >= 0.6 is 11.3 Å². The first-order valence-corrected chi connectivity index (χ1v) is 6.65. The maximum Gasteiger partial charge on any atom is 0.160 e. The van der Waals surface area contributed by atoms with Crippen LogP contribution < -0.4 is 0 Å². The summed E-state index contributed by atoms with van der Waals surface area (Å²) in [6.45, 7) is 4.45. The summed E-state index contributed by atoms with van der Waals surface area (Å²) in [5, 5.41) is 0. The fourth-order valence-corrected chi connectivity index (χ4v) is 2.68. The van der Waals surface area contributed by atoms with Crippen molar-refractivity contribution >= 4 is 17.6 Å². The van der Waals surface area contributed by atoms with Gasteiger partial charge in [0.15, 0.2) is 6.29 Å². The fourth-order valence-electron chi connectivity index (χ4n) is 1.85. The molecule has 2 rings (SSSR count). The molecule has 0 spiro atoms. The highest BCUT2D eigenvalue weighted by Gasteiger charge is 2.03. The van der Waals surface area contributed by atoms with Crippen molar-refractivity contribution in [2.45, 2.75) is 20.3 Å². The topological polar surface area (TPSA) is 17.1 Å². The highest BCUT2D eigenvalue weighted by molar-refractivity contribution is 7.17. The third-order valence-electron chi connectivity index (χ3n) is 2.63. The van der Waals surface area contributed by atoms with Gasteiger partial charge in [0.25, 0.3) is 0 Å². The predicted molar refractivity (Wildman–Crippen MR) is 73.7 cm³/mol. The molecule has 1 aromatic carbocycles. The summed E-state index contributed by atoms with van der Waals surface area (Å²) >= 11 is 1.54. The summed E-state index contributed by atoms with van der Waals surface area (Å²) in [6.07, 6.45) is 2.02. The predicted octanol–water partition coefficient (Wildman–Crippen LogP) is 4.43. The molecule has 0 amide bonds. The number of rotatable bonds is 4. The van der Waals surface area contributed by atoms with Crippen LogP contribution in [0.15, 0.2) is 36.4 Å². The van der Waals surface area contributed by atoms with Crippen LogP contribution in [0.4, 0.5) is 0 Å². The number of hydrogen-bond donors (Lipinski definition) is 0. The number of hydrogen-bond acceptors (Lipinski definition) is 2. The van der Waals surface area contributed by atoms with Crippen LogP contribution in [0.25, 0.3) is 10.4 Å². The molecule has 0 radical (unpaired) electrons. The summed E-state index contributed by atoms with van der Waals surface area (Å²) in [7, 11) is 0. The monoisotopic (exact) mass is 244 g/mol.